The number of hydrogen-bond acceptors (Lipinski definition) is 2. The predicted molar refractivity (Wildman–Crippen MR) is 74.8 cm³/mol. The fraction of sp³-hybridized carbons (Fsp3) is 0. The lowest BCUT2D eigenvalue weighted by molar-refractivity contribution is -0.131. The van der Waals surface area contributed by atoms with Crippen molar-refractivity contribution in [2.24, 2.45) is 0 Å². The molecule has 2 aromatic rings. The number of ether oxygens (including phenoxy) is 1. The highest BCUT2D eigenvalue weighted by Crippen LogP contribution is 2.30. The van der Waals surface area contributed by atoms with Gasteiger partial charge < -0.3 is 4.74 Å². The van der Waals surface area contributed by atoms with Gasteiger partial charge in [-0.3, -0.25) is 0 Å². The summed E-state index contributed by atoms with van der Waals surface area (Å²) in [4.78, 5) is 11.8. The molecule has 1 aliphatic heterocycles. The van der Waals surface area contributed by atoms with Crippen LogP contribution in [-0.2, 0) is 9.53 Å². The molecule has 3 rings (SSSR count). The van der Waals surface area contributed by atoms with Crippen LogP contribution in [0.4, 0.5) is 8.78 Å². The molecule has 0 fully saturated rings. The Kier molecular flexibility index (Phi) is 3.36. The lowest BCUT2D eigenvalue weighted by atomic mass is 10.0. The highest BCUT2D eigenvalue weighted by Gasteiger charge is 2.27. The lowest BCUT2D eigenvalue weighted by Gasteiger charge is -2.02. The number of hydrogen-bond donors (Lipinski definition) is 0. The van der Waals surface area contributed by atoms with Crippen LogP contribution in [-0.4, -0.2) is 5.97 Å². The van der Waals surface area contributed by atoms with E-state index in [0.717, 1.165) is 17.7 Å². The number of carbonyl (C=O) groups is 1. The molecule has 2 aromatic carbocycles. The van der Waals surface area contributed by atoms with Crippen LogP contribution in [0.1, 0.15) is 11.1 Å². The first-order valence-electron chi connectivity index (χ1n) is 6.30. The molecule has 0 unspecified atom stereocenters. The number of esters is 1. The van der Waals surface area contributed by atoms with Crippen LogP contribution in [0.2, 0.25) is 0 Å². The SMILES string of the molecule is O=C1O/C(=C/c2ccccc2)C=C1c1c(F)cccc1F. The fourth-order valence-electron chi connectivity index (χ4n) is 2.11. The summed E-state index contributed by atoms with van der Waals surface area (Å²) in [5.41, 5.74) is 0.346. The molecule has 104 valence electrons. The van der Waals surface area contributed by atoms with Crippen molar-refractivity contribution in [1.82, 2.24) is 0 Å². The Labute approximate surface area is 120 Å². The molecule has 0 saturated heterocycles. The normalized spacial score (nSPS) is 16.0. The Morgan fingerprint density at radius 3 is 2.24 bits per heavy atom. The van der Waals surface area contributed by atoms with E-state index in [4.69, 9.17) is 4.74 Å². The van der Waals surface area contributed by atoms with Crippen molar-refractivity contribution in [3.05, 3.63) is 83.1 Å². The van der Waals surface area contributed by atoms with Gasteiger partial charge in [0.2, 0.25) is 0 Å². The van der Waals surface area contributed by atoms with E-state index in [9.17, 15) is 13.6 Å². The molecule has 0 atom stereocenters. The molecule has 0 radical (unpaired) electrons. The van der Waals surface area contributed by atoms with Crippen LogP contribution in [0.25, 0.3) is 11.6 Å². The first kappa shape index (κ1) is 13.2. The average molecular weight is 284 g/mol. The van der Waals surface area contributed by atoms with Crippen molar-refractivity contribution >= 4 is 17.6 Å². The van der Waals surface area contributed by atoms with Gasteiger partial charge in [0.15, 0.2) is 0 Å². The molecule has 1 aliphatic rings. The van der Waals surface area contributed by atoms with Gasteiger partial charge in [0.05, 0.1) is 11.1 Å². The van der Waals surface area contributed by atoms with E-state index in [1.54, 1.807) is 6.08 Å². The number of rotatable bonds is 2. The largest absolute Gasteiger partial charge is 0.423 e. The van der Waals surface area contributed by atoms with E-state index in [-0.39, 0.29) is 16.9 Å². The fourth-order valence-corrected chi connectivity index (χ4v) is 2.11. The summed E-state index contributed by atoms with van der Waals surface area (Å²) in [7, 11) is 0. The molecular weight excluding hydrogens is 274 g/mol. The Morgan fingerprint density at radius 1 is 0.905 bits per heavy atom. The Balaban J connectivity index is 2.02. The molecule has 1 heterocycles. The van der Waals surface area contributed by atoms with Gasteiger partial charge in [-0.15, -0.1) is 0 Å². The van der Waals surface area contributed by atoms with Crippen LogP contribution in [0.15, 0.2) is 60.4 Å². The number of halogens is 2. The molecule has 0 N–H and O–H groups in total. The van der Waals surface area contributed by atoms with E-state index in [1.165, 1.54) is 12.1 Å². The van der Waals surface area contributed by atoms with Crippen molar-refractivity contribution in [3.8, 4) is 0 Å². The third kappa shape index (κ3) is 2.60. The van der Waals surface area contributed by atoms with Gasteiger partial charge in [0.1, 0.15) is 17.4 Å². The van der Waals surface area contributed by atoms with Crippen LogP contribution in [0.5, 0.6) is 0 Å². The smallest absolute Gasteiger partial charge is 0.344 e. The highest BCUT2D eigenvalue weighted by molar-refractivity contribution is 6.20. The minimum Gasteiger partial charge on any atom is -0.423 e. The molecule has 0 aromatic heterocycles. The number of allylic oxidation sites excluding steroid dienone is 1. The van der Waals surface area contributed by atoms with Gasteiger partial charge in [0, 0.05) is 0 Å². The molecule has 4 heteroatoms. The lowest BCUT2D eigenvalue weighted by Crippen LogP contribution is -2.02. The maximum absolute atomic E-state index is 13.7. The number of benzene rings is 2. The summed E-state index contributed by atoms with van der Waals surface area (Å²) in [5, 5.41) is 0. The second-order valence-corrected chi connectivity index (χ2v) is 4.50. The van der Waals surface area contributed by atoms with Crippen LogP contribution in [0, 0.1) is 11.6 Å². The number of carbonyl (C=O) groups excluding carboxylic acids is 1. The van der Waals surface area contributed by atoms with Gasteiger partial charge in [-0.2, -0.15) is 0 Å². The summed E-state index contributed by atoms with van der Waals surface area (Å²) in [6.07, 6.45) is 2.97. The first-order valence-corrected chi connectivity index (χ1v) is 6.30. The quantitative estimate of drug-likeness (QED) is 0.781. The maximum Gasteiger partial charge on any atom is 0.344 e. The molecule has 0 aliphatic carbocycles. The highest BCUT2D eigenvalue weighted by atomic mass is 19.1. The molecule has 0 bridgehead atoms. The van der Waals surface area contributed by atoms with Crippen molar-refractivity contribution in [2.45, 2.75) is 0 Å². The van der Waals surface area contributed by atoms with Crippen LogP contribution in [0.3, 0.4) is 0 Å². The molecule has 0 spiro atoms. The van der Waals surface area contributed by atoms with Crippen molar-refractivity contribution < 1.29 is 18.3 Å². The second-order valence-electron chi connectivity index (χ2n) is 4.50. The molecular formula is C17H10F2O2. The second kappa shape index (κ2) is 5.32. The topological polar surface area (TPSA) is 26.3 Å². The monoisotopic (exact) mass is 284 g/mol. The summed E-state index contributed by atoms with van der Waals surface area (Å²) < 4.78 is 32.5. The Hall–Kier alpha value is -2.75. The van der Waals surface area contributed by atoms with Gasteiger partial charge in [0.25, 0.3) is 0 Å². The molecule has 2 nitrogen and oxygen atoms in total. The van der Waals surface area contributed by atoms with Crippen LogP contribution < -0.4 is 0 Å². The van der Waals surface area contributed by atoms with Gasteiger partial charge in [-0.25, -0.2) is 13.6 Å². The molecule has 21 heavy (non-hydrogen) atoms. The van der Waals surface area contributed by atoms with Gasteiger partial charge >= 0.3 is 5.97 Å². The van der Waals surface area contributed by atoms with Gasteiger partial charge in [-0.05, 0) is 29.8 Å². The Morgan fingerprint density at radius 2 is 1.57 bits per heavy atom. The van der Waals surface area contributed by atoms with E-state index in [2.05, 4.69) is 0 Å². The summed E-state index contributed by atoms with van der Waals surface area (Å²) in [6.45, 7) is 0. The van der Waals surface area contributed by atoms with E-state index in [1.807, 2.05) is 30.3 Å². The zero-order valence-corrected chi connectivity index (χ0v) is 10.8. The van der Waals surface area contributed by atoms with Crippen molar-refractivity contribution in [2.75, 3.05) is 0 Å². The summed E-state index contributed by atoms with van der Waals surface area (Å²) in [5.74, 6) is -2.09. The van der Waals surface area contributed by atoms with E-state index in [0.29, 0.717) is 0 Å². The average Bonchev–Trinajstić information content (AvgIpc) is 2.80. The third-order valence-corrected chi connectivity index (χ3v) is 3.06. The summed E-state index contributed by atoms with van der Waals surface area (Å²) in [6, 6.07) is 12.6. The summed E-state index contributed by atoms with van der Waals surface area (Å²) >= 11 is 0. The maximum atomic E-state index is 13.7. The van der Waals surface area contributed by atoms with Crippen molar-refractivity contribution in [3.63, 3.8) is 0 Å². The zero-order chi connectivity index (χ0) is 14.8. The third-order valence-electron chi connectivity index (χ3n) is 3.06. The minimum atomic E-state index is -0.792. The van der Waals surface area contributed by atoms with Crippen LogP contribution >= 0.6 is 0 Å². The van der Waals surface area contributed by atoms with Crippen molar-refractivity contribution in [1.29, 1.82) is 0 Å². The number of cyclic esters (lactones) is 1. The minimum absolute atomic E-state index is 0.118. The van der Waals surface area contributed by atoms with E-state index >= 15 is 0 Å². The molecule has 0 saturated carbocycles. The standard InChI is InChI=1S/C17H10F2O2/c18-14-7-4-8-15(19)16(14)13-10-12(21-17(13)20)9-11-5-2-1-3-6-11/h1-10H/b12-9+. The zero-order valence-electron chi connectivity index (χ0n) is 10.8. The predicted octanol–water partition coefficient (Wildman–Crippen LogP) is 3.95. The van der Waals surface area contributed by atoms with Gasteiger partial charge in [-0.1, -0.05) is 36.4 Å². The Bertz CT molecular complexity index is 741. The first-order chi connectivity index (χ1) is 10.1. The molecule has 0 amide bonds. The van der Waals surface area contributed by atoms with E-state index < -0.39 is 17.6 Å².